The van der Waals surface area contributed by atoms with E-state index in [4.69, 9.17) is 0 Å². The number of Topliss-reactive ketones (excluding diaryl/α,β-unsaturated/α-hetero) is 1. The predicted octanol–water partition coefficient (Wildman–Crippen LogP) is 0.570. The van der Waals surface area contributed by atoms with E-state index in [1.54, 1.807) is 0 Å². The highest BCUT2D eigenvalue weighted by Crippen LogP contribution is 2.19. The first kappa shape index (κ1) is 16.1. The van der Waals surface area contributed by atoms with Crippen LogP contribution in [-0.2, 0) is 24.3 Å². The largest absolute Gasteiger partial charge is 0.469 e. The Bertz CT molecular complexity index is 431. The smallest absolute Gasteiger partial charge is 0.305 e. The molecule has 19 heavy (non-hydrogen) atoms. The van der Waals surface area contributed by atoms with Crippen molar-refractivity contribution in [3.63, 3.8) is 0 Å². The molecule has 1 rings (SSSR count). The van der Waals surface area contributed by atoms with Gasteiger partial charge in [0.2, 0.25) is 10.0 Å². The molecule has 1 aliphatic rings. The third-order valence-electron chi connectivity index (χ3n) is 3.38. The molecule has 110 valence electrons. The average Bonchev–Trinajstić information content (AvgIpc) is 2.38. The fourth-order valence-electron chi connectivity index (χ4n) is 2.12. The molecular weight excluding hydrogens is 270 g/mol. The minimum atomic E-state index is -3.38. The van der Waals surface area contributed by atoms with Crippen LogP contribution in [0.15, 0.2) is 0 Å². The zero-order chi connectivity index (χ0) is 14.5. The molecule has 0 radical (unpaired) electrons. The van der Waals surface area contributed by atoms with Crippen LogP contribution < -0.4 is 0 Å². The van der Waals surface area contributed by atoms with Gasteiger partial charge in [0, 0.05) is 31.8 Å². The lowest BCUT2D eigenvalue weighted by Crippen LogP contribution is -2.44. The van der Waals surface area contributed by atoms with Crippen molar-refractivity contribution in [1.82, 2.24) is 4.31 Å². The second kappa shape index (κ2) is 7.00. The molecule has 0 aromatic heterocycles. The van der Waals surface area contributed by atoms with Crippen LogP contribution in [0, 0.1) is 5.92 Å². The fourth-order valence-corrected chi connectivity index (χ4v) is 3.66. The van der Waals surface area contributed by atoms with Crippen LogP contribution in [0.1, 0.15) is 32.6 Å². The molecule has 0 aliphatic carbocycles. The maximum Gasteiger partial charge on any atom is 0.305 e. The third-order valence-corrected chi connectivity index (χ3v) is 5.31. The lowest BCUT2D eigenvalue weighted by molar-refractivity contribution is -0.140. The van der Waals surface area contributed by atoms with E-state index in [1.807, 2.05) is 6.92 Å². The Morgan fingerprint density at radius 2 is 2.16 bits per heavy atom. The van der Waals surface area contributed by atoms with Gasteiger partial charge in [0.25, 0.3) is 0 Å². The van der Waals surface area contributed by atoms with E-state index in [9.17, 15) is 18.0 Å². The lowest BCUT2D eigenvalue weighted by Gasteiger charge is -2.30. The molecule has 1 aliphatic heterocycles. The number of methoxy groups -OCH3 is 1. The van der Waals surface area contributed by atoms with Crippen molar-refractivity contribution in [1.29, 1.82) is 0 Å². The Morgan fingerprint density at radius 1 is 1.47 bits per heavy atom. The second-order valence-electron chi connectivity index (χ2n) is 4.68. The minimum absolute atomic E-state index is 0.0767. The van der Waals surface area contributed by atoms with Crippen molar-refractivity contribution in [3.05, 3.63) is 0 Å². The van der Waals surface area contributed by atoms with Crippen molar-refractivity contribution < 1.29 is 22.7 Å². The Morgan fingerprint density at radius 3 is 2.74 bits per heavy atom. The quantitative estimate of drug-likeness (QED) is 0.668. The number of hydrogen-bond donors (Lipinski definition) is 0. The molecule has 6 nitrogen and oxygen atoms in total. The molecule has 0 aromatic carbocycles. The van der Waals surface area contributed by atoms with Crippen LogP contribution in [0.5, 0.6) is 0 Å². The summed E-state index contributed by atoms with van der Waals surface area (Å²) < 4.78 is 30.0. The molecule has 0 N–H and O–H groups in total. The Kier molecular flexibility index (Phi) is 5.93. The monoisotopic (exact) mass is 291 g/mol. The molecule has 1 saturated heterocycles. The van der Waals surface area contributed by atoms with Gasteiger partial charge in [0.15, 0.2) is 0 Å². The Balaban J connectivity index is 2.53. The van der Waals surface area contributed by atoms with Crippen molar-refractivity contribution >= 4 is 21.8 Å². The molecule has 0 saturated carbocycles. The Hall–Kier alpha value is -0.950. The second-order valence-corrected chi connectivity index (χ2v) is 6.76. The standard InChI is InChI=1S/C12H21NO5S/c1-3-10-9-13(7-6-11(10)14)19(16,17)8-4-5-12(15)18-2/h10H,3-9H2,1-2H3. The molecule has 0 bridgehead atoms. The highest BCUT2D eigenvalue weighted by atomic mass is 32.2. The number of sulfonamides is 1. The first-order valence-electron chi connectivity index (χ1n) is 6.48. The third kappa shape index (κ3) is 4.58. The summed E-state index contributed by atoms with van der Waals surface area (Å²) in [4.78, 5) is 22.5. The number of esters is 1. The molecular formula is C12H21NO5S. The zero-order valence-corrected chi connectivity index (χ0v) is 12.2. The van der Waals surface area contributed by atoms with Crippen LogP contribution in [0.4, 0.5) is 0 Å². The summed E-state index contributed by atoms with van der Waals surface area (Å²) in [5, 5.41) is 0. The molecule has 1 atom stereocenters. The van der Waals surface area contributed by atoms with E-state index >= 15 is 0 Å². The number of ether oxygens (including phenoxy) is 1. The van der Waals surface area contributed by atoms with Gasteiger partial charge >= 0.3 is 5.97 Å². The first-order chi connectivity index (χ1) is 8.90. The molecule has 1 heterocycles. The van der Waals surface area contributed by atoms with E-state index < -0.39 is 16.0 Å². The summed E-state index contributed by atoms with van der Waals surface area (Å²) in [5.41, 5.74) is 0. The summed E-state index contributed by atoms with van der Waals surface area (Å²) in [7, 11) is -2.10. The maximum absolute atomic E-state index is 12.1. The van der Waals surface area contributed by atoms with E-state index in [0.717, 1.165) is 0 Å². The molecule has 1 unspecified atom stereocenters. The first-order valence-corrected chi connectivity index (χ1v) is 8.09. The molecule has 7 heteroatoms. The summed E-state index contributed by atoms with van der Waals surface area (Å²) in [6.07, 6.45) is 1.29. The number of carbonyl (C=O) groups excluding carboxylic acids is 2. The topological polar surface area (TPSA) is 80.8 Å². The van der Waals surface area contributed by atoms with E-state index in [-0.39, 0.29) is 49.8 Å². The normalized spacial score (nSPS) is 21.4. The Labute approximate surface area is 114 Å². The van der Waals surface area contributed by atoms with E-state index in [2.05, 4.69) is 4.74 Å². The van der Waals surface area contributed by atoms with Crippen LogP contribution in [-0.4, -0.2) is 50.4 Å². The molecule has 0 amide bonds. The number of piperidine rings is 1. The van der Waals surface area contributed by atoms with Crippen LogP contribution in [0.2, 0.25) is 0 Å². The van der Waals surface area contributed by atoms with Gasteiger partial charge in [-0.1, -0.05) is 6.92 Å². The summed E-state index contributed by atoms with van der Waals surface area (Å²) >= 11 is 0. The number of ketones is 1. The van der Waals surface area contributed by atoms with Gasteiger partial charge in [-0.2, -0.15) is 0 Å². The van der Waals surface area contributed by atoms with Crippen LogP contribution >= 0.6 is 0 Å². The molecule has 0 spiro atoms. The highest BCUT2D eigenvalue weighted by Gasteiger charge is 2.32. The zero-order valence-electron chi connectivity index (χ0n) is 11.4. The summed E-state index contributed by atoms with van der Waals surface area (Å²) in [6.45, 7) is 2.42. The van der Waals surface area contributed by atoms with Gasteiger partial charge < -0.3 is 4.74 Å². The van der Waals surface area contributed by atoms with Gasteiger partial charge in [0.1, 0.15) is 5.78 Å². The van der Waals surface area contributed by atoms with Gasteiger partial charge in [-0.25, -0.2) is 12.7 Å². The van der Waals surface area contributed by atoms with Gasteiger partial charge in [0.05, 0.1) is 12.9 Å². The van der Waals surface area contributed by atoms with E-state index in [0.29, 0.717) is 6.42 Å². The van der Waals surface area contributed by atoms with Crippen LogP contribution in [0.25, 0.3) is 0 Å². The highest BCUT2D eigenvalue weighted by molar-refractivity contribution is 7.89. The number of rotatable bonds is 6. The minimum Gasteiger partial charge on any atom is -0.469 e. The lowest BCUT2D eigenvalue weighted by atomic mass is 9.96. The van der Waals surface area contributed by atoms with Crippen LogP contribution in [0.3, 0.4) is 0 Å². The summed E-state index contributed by atoms with van der Waals surface area (Å²) in [5.74, 6) is -0.532. The van der Waals surface area contributed by atoms with Crippen molar-refractivity contribution in [3.8, 4) is 0 Å². The number of nitrogens with zero attached hydrogens (tertiary/aromatic N) is 1. The number of hydrogen-bond acceptors (Lipinski definition) is 5. The summed E-state index contributed by atoms with van der Waals surface area (Å²) in [6, 6.07) is 0. The van der Waals surface area contributed by atoms with Crippen molar-refractivity contribution in [2.75, 3.05) is 26.0 Å². The van der Waals surface area contributed by atoms with Crippen molar-refractivity contribution in [2.45, 2.75) is 32.6 Å². The van der Waals surface area contributed by atoms with Crippen molar-refractivity contribution in [2.24, 2.45) is 5.92 Å². The number of carbonyl (C=O) groups is 2. The van der Waals surface area contributed by atoms with Gasteiger partial charge in [-0.3, -0.25) is 9.59 Å². The fraction of sp³-hybridized carbons (Fsp3) is 0.833. The van der Waals surface area contributed by atoms with Gasteiger partial charge in [-0.15, -0.1) is 0 Å². The average molecular weight is 291 g/mol. The SMILES string of the molecule is CCC1CN(S(=O)(=O)CCCC(=O)OC)CCC1=O. The molecule has 0 aromatic rings. The van der Waals surface area contributed by atoms with Gasteiger partial charge in [-0.05, 0) is 12.8 Å². The maximum atomic E-state index is 12.1. The molecule has 1 fully saturated rings. The van der Waals surface area contributed by atoms with E-state index in [1.165, 1.54) is 11.4 Å². The predicted molar refractivity (Wildman–Crippen MR) is 70.0 cm³/mol.